The quantitative estimate of drug-likeness (QED) is 0.312. The summed E-state index contributed by atoms with van der Waals surface area (Å²) in [7, 11) is 1.76. The molecule has 0 saturated heterocycles. The Hall–Kier alpha value is -3.37. The predicted molar refractivity (Wildman–Crippen MR) is 137 cm³/mol. The van der Waals surface area contributed by atoms with Gasteiger partial charge in [0.25, 0.3) is 0 Å². The number of allylic oxidation sites excluding steroid dienone is 8. The van der Waals surface area contributed by atoms with Crippen LogP contribution in [0, 0.1) is 23.2 Å². The van der Waals surface area contributed by atoms with Crippen LogP contribution in [0.2, 0.25) is 0 Å². The van der Waals surface area contributed by atoms with Crippen molar-refractivity contribution in [2.75, 3.05) is 12.4 Å². The monoisotopic (exact) mass is 498 g/mol. The van der Waals surface area contributed by atoms with Gasteiger partial charge in [-0.25, -0.2) is 0 Å². The molecule has 7 heteroatoms. The lowest BCUT2D eigenvalue weighted by molar-refractivity contribution is -0.137. The summed E-state index contributed by atoms with van der Waals surface area (Å²) in [5, 5.41) is 11.6. The predicted octanol–water partition coefficient (Wildman–Crippen LogP) is 7.53. The Kier molecular flexibility index (Phi) is 10.1. The fourth-order valence-corrected chi connectivity index (χ4v) is 4.17. The van der Waals surface area contributed by atoms with Gasteiger partial charge in [0.1, 0.15) is 6.07 Å². The van der Waals surface area contributed by atoms with Crippen LogP contribution < -0.4 is 5.32 Å². The third-order valence-electron chi connectivity index (χ3n) is 6.50. The molecule has 1 aromatic rings. The zero-order valence-electron chi connectivity index (χ0n) is 21.5. The fraction of sp³-hybridized carbons (Fsp3) is 0.379. The largest absolute Gasteiger partial charge is 0.416 e. The first kappa shape index (κ1) is 28.9. The number of rotatable bonds is 7. The molecule has 0 heterocycles. The van der Waals surface area contributed by atoms with E-state index in [-0.39, 0.29) is 17.4 Å². The molecule has 2 rings (SSSR count). The minimum Gasteiger partial charge on any atom is -0.381 e. The zero-order valence-corrected chi connectivity index (χ0v) is 21.5. The highest BCUT2D eigenvalue weighted by Gasteiger charge is 2.31. The van der Waals surface area contributed by atoms with Crippen molar-refractivity contribution in [1.82, 2.24) is 0 Å². The minimum absolute atomic E-state index is 0.0251. The zero-order chi connectivity index (χ0) is 27.0. The lowest BCUT2D eigenvalue weighted by Crippen LogP contribution is -2.31. The molecular weight excluding hydrogens is 465 g/mol. The highest BCUT2D eigenvalue weighted by Crippen LogP contribution is 2.36. The summed E-state index contributed by atoms with van der Waals surface area (Å²) in [6, 6.07) is 4.32. The number of nitriles is 1. The van der Waals surface area contributed by atoms with Gasteiger partial charge in [0.2, 0.25) is 5.91 Å². The molecule has 1 aromatic carbocycles. The number of nitrogens with zero attached hydrogens (tertiary/aromatic N) is 1. The number of carbonyl (C=O) groups is 1. The third kappa shape index (κ3) is 7.82. The normalized spacial score (nSPS) is 21.8. The highest BCUT2D eigenvalue weighted by molar-refractivity contribution is 6.00. The maximum absolute atomic E-state index is 12.8. The Bertz CT molecular complexity index is 1160. The van der Waals surface area contributed by atoms with Crippen molar-refractivity contribution >= 4 is 11.6 Å². The molecule has 1 N–H and O–H groups in total. The lowest BCUT2D eigenvalue weighted by Gasteiger charge is -2.35. The number of ether oxygens (including phenoxy) is 1. The summed E-state index contributed by atoms with van der Waals surface area (Å²) in [5.41, 5.74) is 3.18. The Morgan fingerprint density at radius 3 is 2.50 bits per heavy atom. The van der Waals surface area contributed by atoms with Crippen LogP contribution in [-0.2, 0) is 15.7 Å². The van der Waals surface area contributed by atoms with Gasteiger partial charge < -0.3 is 10.1 Å². The number of alkyl halides is 3. The first-order valence-corrected chi connectivity index (χ1v) is 11.7. The van der Waals surface area contributed by atoms with Crippen LogP contribution in [0.1, 0.15) is 52.2 Å². The fourth-order valence-electron chi connectivity index (χ4n) is 4.17. The van der Waals surface area contributed by atoms with Gasteiger partial charge in [0.05, 0.1) is 22.9 Å². The van der Waals surface area contributed by atoms with Crippen molar-refractivity contribution in [1.29, 1.82) is 5.26 Å². The van der Waals surface area contributed by atoms with Crippen LogP contribution >= 0.6 is 0 Å². The molecule has 1 aliphatic carbocycles. The second kappa shape index (κ2) is 12.5. The Balaban J connectivity index is 2.04. The van der Waals surface area contributed by atoms with Crippen LogP contribution in [0.3, 0.4) is 0 Å². The van der Waals surface area contributed by atoms with E-state index in [1.807, 2.05) is 19.1 Å². The maximum Gasteiger partial charge on any atom is 0.416 e. The van der Waals surface area contributed by atoms with E-state index in [9.17, 15) is 18.0 Å². The number of benzene rings is 1. The van der Waals surface area contributed by atoms with Crippen LogP contribution in [-0.4, -0.2) is 19.1 Å². The molecule has 0 fully saturated rings. The number of hydrogen-bond acceptors (Lipinski definition) is 3. The molecule has 3 atom stereocenters. The van der Waals surface area contributed by atoms with Gasteiger partial charge in [0, 0.05) is 13.2 Å². The van der Waals surface area contributed by atoms with Crippen LogP contribution in [0.25, 0.3) is 0 Å². The molecule has 4 nitrogen and oxygen atoms in total. The van der Waals surface area contributed by atoms with Gasteiger partial charge in [-0.15, -0.1) is 0 Å². The van der Waals surface area contributed by atoms with Crippen LogP contribution in [0.4, 0.5) is 18.9 Å². The Morgan fingerprint density at radius 1 is 1.19 bits per heavy atom. The topological polar surface area (TPSA) is 62.1 Å². The second-order valence-corrected chi connectivity index (χ2v) is 9.21. The van der Waals surface area contributed by atoms with Crippen molar-refractivity contribution < 1.29 is 22.7 Å². The first-order chi connectivity index (χ1) is 16.9. The van der Waals surface area contributed by atoms with E-state index < -0.39 is 17.6 Å². The molecule has 0 spiro atoms. The van der Waals surface area contributed by atoms with Gasteiger partial charge >= 0.3 is 6.18 Å². The number of carbonyl (C=O) groups excluding carboxylic acids is 1. The Morgan fingerprint density at radius 2 is 1.89 bits per heavy atom. The summed E-state index contributed by atoms with van der Waals surface area (Å²) in [5.74, 6) is 0.303. The maximum atomic E-state index is 12.8. The van der Waals surface area contributed by atoms with Gasteiger partial charge in [-0.3, -0.25) is 4.79 Å². The van der Waals surface area contributed by atoms with E-state index in [0.717, 1.165) is 30.2 Å². The number of nitrogens with one attached hydrogen (secondary N) is 1. The highest BCUT2D eigenvalue weighted by atomic mass is 19.4. The van der Waals surface area contributed by atoms with Crippen molar-refractivity contribution in [2.24, 2.45) is 11.8 Å². The minimum atomic E-state index is -4.56. The molecule has 1 amide bonds. The van der Waals surface area contributed by atoms with Gasteiger partial charge in [0.15, 0.2) is 0 Å². The first-order valence-electron chi connectivity index (χ1n) is 11.7. The Labute approximate surface area is 211 Å². The van der Waals surface area contributed by atoms with Gasteiger partial charge in [-0.1, -0.05) is 55.4 Å². The molecule has 1 aliphatic rings. The molecule has 0 aliphatic heterocycles. The van der Waals surface area contributed by atoms with Crippen LogP contribution in [0.15, 0.2) is 76.9 Å². The van der Waals surface area contributed by atoms with E-state index in [1.54, 1.807) is 26.2 Å². The molecule has 36 heavy (non-hydrogen) atoms. The van der Waals surface area contributed by atoms with E-state index in [0.29, 0.717) is 17.4 Å². The van der Waals surface area contributed by atoms with E-state index in [2.05, 4.69) is 38.2 Å². The lowest BCUT2D eigenvalue weighted by atomic mass is 9.75. The number of methoxy groups -OCH3 is 1. The molecule has 0 saturated carbocycles. The van der Waals surface area contributed by atoms with Gasteiger partial charge in [-0.2, -0.15) is 18.4 Å². The van der Waals surface area contributed by atoms with E-state index in [4.69, 9.17) is 10.00 Å². The molecule has 0 radical (unpaired) electrons. The number of halogens is 3. The van der Waals surface area contributed by atoms with Crippen molar-refractivity contribution in [3.63, 3.8) is 0 Å². The van der Waals surface area contributed by atoms with Gasteiger partial charge in [-0.05, 0) is 68.4 Å². The standard InChI is InChI=1S/C29H33F3N2O2/c1-18(10-12-25-20(3)15-27(36-6)22(5)21(25)4)8-7-9-19(2)14-28(35)34-26-13-11-24(29(30,31)32)16-23(26)17-33/h7-14,16,21-22,27H,15H2,1-6H3,(H,34,35)/b9-7+,12-10+,18-8+,19-14+. The smallest absolute Gasteiger partial charge is 0.381 e. The molecular formula is C29H33F3N2O2. The summed E-state index contributed by atoms with van der Waals surface area (Å²) < 4.78 is 44.1. The summed E-state index contributed by atoms with van der Waals surface area (Å²) in [6.45, 7) is 10.3. The van der Waals surface area contributed by atoms with Crippen molar-refractivity contribution in [3.8, 4) is 6.07 Å². The number of anilines is 1. The average Bonchev–Trinajstić information content (AvgIpc) is 2.80. The summed E-state index contributed by atoms with van der Waals surface area (Å²) in [4.78, 5) is 12.3. The van der Waals surface area contributed by atoms with Crippen molar-refractivity contribution in [3.05, 3.63) is 88.1 Å². The molecule has 0 bridgehead atoms. The second-order valence-electron chi connectivity index (χ2n) is 9.21. The molecule has 192 valence electrons. The van der Waals surface area contributed by atoms with E-state index in [1.165, 1.54) is 17.2 Å². The molecule has 3 unspecified atom stereocenters. The number of hydrogen-bond donors (Lipinski definition) is 1. The number of amides is 1. The SMILES string of the molecule is COC1CC(C)=C(/C=C/C(C)=C/C=C/C(C)=C/C(=O)Nc2ccc(C(F)(F)F)cc2C#N)C(C)C1C. The average molecular weight is 499 g/mol. The van der Waals surface area contributed by atoms with E-state index >= 15 is 0 Å². The summed E-state index contributed by atoms with van der Waals surface area (Å²) >= 11 is 0. The molecule has 0 aromatic heterocycles. The van der Waals surface area contributed by atoms with Crippen molar-refractivity contribution in [2.45, 2.75) is 53.3 Å². The summed E-state index contributed by atoms with van der Waals surface area (Å²) in [6.07, 6.45) is 7.68. The van der Waals surface area contributed by atoms with Crippen LogP contribution in [0.5, 0.6) is 0 Å². The third-order valence-corrected chi connectivity index (χ3v) is 6.50.